The summed E-state index contributed by atoms with van der Waals surface area (Å²) in [5, 5.41) is 7.65. The molecule has 0 amide bonds. The Labute approximate surface area is 125 Å². The maximum Gasteiger partial charge on any atom is 0.138 e. The van der Waals surface area contributed by atoms with Gasteiger partial charge in [0, 0.05) is 18.1 Å². The molecule has 4 aromatic rings. The minimum absolute atomic E-state index is 0.691. The van der Waals surface area contributed by atoms with Gasteiger partial charge in [0.05, 0.1) is 10.9 Å². The Morgan fingerprint density at radius 2 is 1.95 bits per heavy atom. The molecule has 4 rings (SSSR count). The SMILES string of the molecule is c1cnc2c(CNc3ncnc4sccc34)cccc2c1. The molecule has 0 fully saturated rings. The quantitative estimate of drug-likeness (QED) is 0.623. The Hall–Kier alpha value is -2.53. The van der Waals surface area contributed by atoms with E-state index in [0.717, 1.165) is 32.5 Å². The largest absolute Gasteiger partial charge is 0.365 e. The molecule has 21 heavy (non-hydrogen) atoms. The molecule has 0 aliphatic rings. The number of pyridine rings is 1. The van der Waals surface area contributed by atoms with E-state index in [4.69, 9.17) is 0 Å². The molecule has 0 radical (unpaired) electrons. The number of aromatic nitrogens is 3. The third kappa shape index (κ3) is 2.21. The molecule has 1 aromatic carbocycles. The van der Waals surface area contributed by atoms with Crippen molar-refractivity contribution in [3.8, 4) is 0 Å². The molecule has 0 aliphatic carbocycles. The Morgan fingerprint density at radius 1 is 1.00 bits per heavy atom. The standard InChI is InChI=1S/C16H12N4S/c1-3-11-5-2-7-17-14(11)12(4-1)9-18-15-13-6-8-21-16(13)20-10-19-15/h1-8,10H,9H2,(H,18,19,20). The van der Waals surface area contributed by atoms with Crippen molar-refractivity contribution in [3.05, 3.63) is 59.9 Å². The molecular weight excluding hydrogens is 280 g/mol. The number of hydrogen-bond acceptors (Lipinski definition) is 5. The average molecular weight is 292 g/mol. The van der Waals surface area contributed by atoms with Gasteiger partial charge in [-0.15, -0.1) is 11.3 Å². The molecule has 0 atom stereocenters. The lowest BCUT2D eigenvalue weighted by molar-refractivity contribution is 1.11. The summed E-state index contributed by atoms with van der Waals surface area (Å²) in [7, 11) is 0. The number of nitrogens with one attached hydrogen (secondary N) is 1. The van der Waals surface area contributed by atoms with Crippen molar-refractivity contribution in [2.45, 2.75) is 6.54 Å². The summed E-state index contributed by atoms with van der Waals surface area (Å²) >= 11 is 1.62. The summed E-state index contributed by atoms with van der Waals surface area (Å²) in [6, 6.07) is 12.3. The number of benzene rings is 1. The zero-order chi connectivity index (χ0) is 14.1. The predicted molar refractivity (Wildman–Crippen MR) is 86.5 cm³/mol. The van der Waals surface area contributed by atoms with Crippen molar-refractivity contribution in [3.63, 3.8) is 0 Å². The second-order valence-corrected chi connectivity index (χ2v) is 5.60. The average Bonchev–Trinajstić information content (AvgIpc) is 3.02. The molecule has 3 aromatic heterocycles. The van der Waals surface area contributed by atoms with Gasteiger partial charge in [0.15, 0.2) is 0 Å². The monoisotopic (exact) mass is 292 g/mol. The van der Waals surface area contributed by atoms with Gasteiger partial charge < -0.3 is 5.32 Å². The van der Waals surface area contributed by atoms with E-state index in [1.807, 2.05) is 23.7 Å². The van der Waals surface area contributed by atoms with Gasteiger partial charge in [-0.3, -0.25) is 4.98 Å². The van der Waals surface area contributed by atoms with Crippen LogP contribution in [0.4, 0.5) is 5.82 Å². The molecule has 0 bridgehead atoms. The molecular formula is C16H12N4S. The summed E-state index contributed by atoms with van der Waals surface area (Å²) in [5.41, 5.74) is 2.19. The normalized spacial score (nSPS) is 11.0. The lowest BCUT2D eigenvalue weighted by Crippen LogP contribution is -2.03. The van der Waals surface area contributed by atoms with Gasteiger partial charge in [-0.05, 0) is 23.1 Å². The zero-order valence-electron chi connectivity index (χ0n) is 11.2. The van der Waals surface area contributed by atoms with Gasteiger partial charge in [0.1, 0.15) is 17.0 Å². The first-order valence-electron chi connectivity index (χ1n) is 6.66. The van der Waals surface area contributed by atoms with Gasteiger partial charge in [-0.25, -0.2) is 9.97 Å². The van der Waals surface area contributed by atoms with Crippen LogP contribution in [0.25, 0.3) is 21.1 Å². The first kappa shape index (κ1) is 12.2. The second-order valence-electron chi connectivity index (χ2n) is 4.71. The highest BCUT2D eigenvalue weighted by Gasteiger charge is 2.06. The Balaban J connectivity index is 1.68. The van der Waals surface area contributed by atoms with E-state index < -0.39 is 0 Å². The molecule has 0 spiro atoms. The topological polar surface area (TPSA) is 50.7 Å². The molecule has 102 valence electrons. The van der Waals surface area contributed by atoms with Crippen molar-refractivity contribution in [2.75, 3.05) is 5.32 Å². The van der Waals surface area contributed by atoms with Crippen LogP contribution in [0.5, 0.6) is 0 Å². The van der Waals surface area contributed by atoms with Crippen LogP contribution in [0.2, 0.25) is 0 Å². The molecule has 0 unspecified atom stereocenters. The van der Waals surface area contributed by atoms with Crippen molar-refractivity contribution >= 4 is 38.3 Å². The van der Waals surface area contributed by atoms with Crippen LogP contribution in [0.3, 0.4) is 0 Å². The summed E-state index contributed by atoms with van der Waals surface area (Å²) < 4.78 is 0. The molecule has 1 N–H and O–H groups in total. The number of fused-ring (bicyclic) bond motifs is 2. The van der Waals surface area contributed by atoms with E-state index in [9.17, 15) is 0 Å². The van der Waals surface area contributed by atoms with Gasteiger partial charge in [0.2, 0.25) is 0 Å². The highest BCUT2D eigenvalue weighted by atomic mass is 32.1. The first-order valence-corrected chi connectivity index (χ1v) is 7.54. The maximum atomic E-state index is 4.48. The second kappa shape index (κ2) is 5.10. The zero-order valence-corrected chi connectivity index (χ0v) is 12.0. The third-order valence-corrected chi connectivity index (χ3v) is 4.25. The van der Waals surface area contributed by atoms with Crippen molar-refractivity contribution in [2.24, 2.45) is 0 Å². The number of nitrogens with zero attached hydrogens (tertiary/aromatic N) is 3. The minimum Gasteiger partial charge on any atom is -0.365 e. The molecule has 4 nitrogen and oxygen atoms in total. The fourth-order valence-corrected chi connectivity index (χ4v) is 3.15. The van der Waals surface area contributed by atoms with Crippen LogP contribution in [-0.4, -0.2) is 15.0 Å². The van der Waals surface area contributed by atoms with Crippen LogP contribution in [0, 0.1) is 0 Å². The summed E-state index contributed by atoms with van der Waals surface area (Å²) in [6.45, 7) is 0.691. The number of thiophene rings is 1. The van der Waals surface area contributed by atoms with Crippen LogP contribution < -0.4 is 5.32 Å². The van der Waals surface area contributed by atoms with Crippen LogP contribution in [-0.2, 0) is 6.54 Å². The number of para-hydroxylation sites is 1. The Morgan fingerprint density at radius 3 is 2.95 bits per heavy atom. The number of rotatable bonds is 3. The van der Waals surface area contributed by atoms with Crippen LogP contribution >= 0.6 is 11.3 Å². The maximum absolute atomic E-state index is 4.48. The molecule has 0 saturated heterocycles. The molecule has 0 saturated carbocycles. The van der Waals surface area contributed by atoms with Gasteiger partial charge in [-0.1, -0.05) is 24.3 Å². The summed E-state index contributed by atoms with van der Waals surface area (Å²) in [6.07, 6.45) is 3.43. The van der Waals surface area contributed by atoms with Crippen molar-refractivity contribution < 1.29 is 0 Å². The smallest absolute Gasteiger partial charge is 0.138 e. The third-order valence-electron chi connectivity index (χ3n) is 3.42. The first-order chi connectivity index (χ1) is 10.4. The summed E-state index contributed by atoms with van der Waals surface area (Å²) in [5.74, 6) is 0.870. The highest BCUT2D eigenvalue weighted by molar-refractivity contribution is 7.16. The lowest BCUT2D eigenvalue weighted by atomic mass is 10.1. The molecule has 3 heterocycles. The summed E-state index contributed by atoms with van der Waals surface area (Å²) in [4.78, 5) is 14.1. The van der Waals surface area contributed by atoms with Gasteiger partial charge in [0.25, 0.3) is 0 Å². The van der Waals surface area contributed by atoms with E-state index >= 15 is 0 Å². The van der Waals surface area contributed by atoms with Crippen LogP contribution in [0.1, 0.15) is 5.56 Å². The van der Waals surface area contributed by atoms with E-state index in [1.54, 1.807) is 17.7 Å². The number of anilines is 1. The Bertz CT molecular complexity index is 911. The fourth-order valence-electron chi connectivity index (χ4n) is 2.42. The predicted octanol–water partition coefficient (Wildman–Crippen LogP) is 3.85. The van der Waals surface area contributed by atoms with E-state index in [0.29, 0.717) is 6.54 Å². The van der Waals surface area contributed by atoms with E-state index in [2.05, 4.69) is 44.5 Å². The van der Waals surface area contributed by atoms with E-state index in [-0.39, 0.29) is 0 Å². The Kier molecular flexibility index (Phi) is 2.97. The van der Waals surface area contributed by atoms with E-state index in [1.165, 1.54) is 0 Å². The minimum atomic E-state index is 0.691. The van der Waals surface area contributed by atoms with Gasteiger partial charge >= 0.3 is 0 Å². The fraction of sp³-hybridized carbons (Fsp3) is 0.0625. The van der Waals surface area contributed by atoms with Gasteiger partial charge in [-0.2, -0.15) is 0 Å². The molecule has 5 heteroatoms. The highest BCUT2D eigenvalue weighted by Crippen LogP contribution is 2.24. The van der Waals surface area contributed by atoms with Crippen LogP contribution in [0.15, 0.2) is 54.3 Å². The lowest BCUT2D eigenvalue weighted by Gasteiger charge is -2.08. The van der Waals surface area contributed by atoms with Crippen molar-refractivity contribution in [1.29, 1.82) is 0 Å². The van der Waals surface area contributed by atoms with Crippen molar-refractivity contribution in [1.82, 2.24) is 15.0 Å². The molecule has 0 aliphatic heterocycles. The number of hydrogen-bond donors (Lipinski definition) is 1.